The van der Waals surface area contributed by atoms with E-state index in [0.717, 1.165) is 13.5 Å². The average molecular weight is 296 g/mol. The summed E-state index contributed by atoms with van der Waals surface area (Å²) in [6, 6.07) is -0.651. The summed E-state index contributed by atoms with van der Waals surface area (Å²) >= 11 is 0. The van der Waals surface area contributed by atoms with Crippen LogP contribution in [-0.4, -0.2) is 59.8 Å². The van der Waals surface area contributed by atoms with Crippen LogP contribution in [0, 0.1) is 5.92 Å². The Morgan fingerprint density at radius 1 is 1.40 bits per heavy atom. The lowest BCUT2D eigenvalue weighted by Gasteiger charge is -2.35. The lowest BCUT2D eigenvalue weighted by Crippen LogP contribution is -2.48. The molecule has 0 spiro atoms. The zero-order chi connectivity index (χ0) is 15.3. The largest absolute Gasteiger partial charge is 0.481 e. The number of piperidine rings is 1. The van der Waals surface area contributed by atoms with Crippen LogP contribution in [0.4, 0.5) is 18.0 Å². The number of nitrogens with zero attached hydrogens (tertiary/aromatic N) is 2. The number of carboxylic acids is 1. The van der Waals surface area contributed by atoms with Crippen LogP contribution in [0.2, 0.25) is 0 Å². The van der Waals surface area contributed by atoms with Gasteiger partial charge < -0.3 is 14.9 Å². The van der Waals surface area contributed by atoms with Crippen molar-refractivity contribution in [3.05, 3.63) is 0 Å². The van der Waals surface area contributed by atoms with E-state index in [9.17, 15) is 22.8 Å². The second kappa shape index (κ2) is 6.81. The predicted molar refractivity (Wildman–Crippen MR) is 65.2 cm³/mol. The van der Waals surface area contributed by atoms with Crippen molar-refractivity contribution in [3.63, 3.8) is 0 Å². The SMILES string of the molecule is CN(CC(F)(F)F)C(=O)N1CCCC(CCC(=O)O)C1. The second-order valence-electron chi connectivity index (χ2n) is 5.14. The van der Waals surface area contributed by atoms with Crippen LogP contribution in [0.1, 0.15) is 25.7 Å². The maximum absolute atomic E-state index is 12.2. The van der Waals surface area contributed by atoms with E-state index in [0.29, 0.717) is 30.8 Å². The highest BCUT2D eigenvalue weighted by atomic mass is 19.4. The van der Waals surface area contributed by atoms with E-state index in [1.807, 2.05) is 0 Å². The van der Waals surface area contributed by atoms with Gasteiger partial charge in [0.2, 0.25) is 0 Å². The van der Waals surface area contributed by atoms with Gasteiger partial charge in [-0.05, 0) is 25.2 Å². The lowest BCUT2D eigenvalue weighted by atomic mass is 9.93. The molecule has 0 aromatic carbocycles. The molecule has 1 atom stereocenters. The summed E-state index contributed by atoms with van der Waals surface area (Å²) in [6.45, 7) is -0.527. The minimum absolute atomic E-state index is 0.0189. The lowest BCUT2D eigenvalue weighted by molar-refractivity contribution is -0.139. The molecule has 1 aliphatic rings. The van der Waals surface area contributed by atoms with E-state index in [1.54, 1.807) is 0 Å². The van der Waals surface area contributed by atoms with Gasteiger partial charge in [-0.25, -0.2) is 4.79 Å². The summed E-state index contributed by atoms with van der Waals surface area (Å²) in [5, 5.41) is 8.62. The third-order valence-electron chi connectivity index (χ3n) is 3.30. The first-order valence-corrected chi connectivity index (χ1v) is 6.47. The molecule has 1 aliphatic heterocycles. The smallest absolute Gasteiger partial charge is 0.406 e. The van der Waals surface area contributed by atoms with Gasteiger partial charge in [0.15, 0.2) is 0 Å². The number of amides is 2. The van der Waals surface area contributed by atoms with E-state index in [-0.39, 0.29) is 12.3 Å². The van der Waals surface area contributed by atoms with Crippen LogP contribution in [-0.2, 0) is 4.79 Å². The summed E-state index contributed by atoms with van der Waals surface area (Å²) < 4.78 is 36.7. The number of hydrogen-bond donors (Lipinski definition) is 1. The Kier molecular flexibility index (Phi) is 5.64. The number of alkyl halides is 3. The van der Waals surface area contributed by atoms with Crippen molar-refractivity contribution in [2.24, 2.45) is 5.92 Å². The third-order valence-corrected chi connectivity index (χ3v) is 3.30. The Hall–Kier alpha value is -1.47. The molecule has 0 bridgehead atoms. The average Bonchev–Trinajstić information content (AvgIpc) is 2.33. The number of halogens is 3. The molecule has 20 heavy (non-hydrogen) atoms. The molecule has 1 saturated heterocycles. The number of rotatable bonds is 4. The van der Waals surface area contributed by atoms with Crippen LogP contribution in [0.3, 0.4) is 0 Å². The van der Waals surface area contributed by atoms with Gasteiger partial charge in [0.05, 0.1) is 0 Å². The van der Waals surface area contributed by atoms with Gasteiger partial charge in [0.1, 0.15) is 6.54 Å². The van der Waals surface area contributed by atoms with Crippen molar-refractivity contribution >= 4 is 12.0 Å². The van der Waals surface area contributed by atoms with Crippen LogP contribution in [0.5, 0.6) is 0 Å². The molecule has 1 unspecified atom stereocenters. The summed E-state index contributed by atoms with van der Waals surface area (Å²) in [5.41, 5.74) is 0. The summed E-state index contributed by atoms with van der Waals surface area (Å²) in [7, 11) is 1.12. The van der Waals surface area contributed by atoms with Crippen molar-refractivity contribution in [3.8, 4) is 0 Å². The zero-order valence-corrected chi connectivity index (χ0v) is 11.3. The molecule has 1 heterocycles. The molecule has 1 fully saturated rings. The van der Waals surface area contributed by atoms with Crippen LogP contribution >= 0.6 is 0 Å². The second-order valence-corrected chi connectivity index (χ2v) is 5.14. The Balaban J connectivity index is 2.49. The van der Waals surface area contributed by atoms with Crippen LogP contribution in [0.15, 0.2) is 0 Å². The maximum Gasteiger partial charge on any atom is 0.406 e. The quantitative estimate of drug-likeness (QED) is 0.865. The van der Waals surface area contributed by atoms with Crippen LogP contribution < -0.4 is 0 Å². The third kappa shape index (κ3) is 5.66. The van der Waals surface area contributed by atoms with E-state index >= 15 is 0 Å². The molecule has 0 aliphatic carbocycles. The number of urea groups is 1. The summed E-state index contributed by atoms with van der Waals surface area (Å²) in [4.78, 5) is 24.4. The molecule has 1 N–H and O–H groups in total. The number of carbonyl (C=O) groups excluding carboxylic acids is 1. The molecule has 0 radical (unpaired) electrons. The number of aliphatic carboxylic acids is 1. The fourth-order valence-corrected chi connectivity index (χ4v) is 2.38. The Labute approximate surface area is 115 Å². The topological polar surface area (TPSA) is 60.9 Å². The van der Waals surface area contributed by atoms with Crippen molar-refractivity contribution in [2.45, 2.75) is 31.9 Å². The van der Waals surface area contributed by atoms with Crippen molar-refractivity contribution < 1.29 is 27.9 Å². The summed E-state index contributed by atoms with van der Waals surface area (Å²) in [5.74, 6) is -0.856. The van der Waals surface area contributed by atoms with Crippen molar-refractivity contribution in [1.29, 1.82) is 0 Å². The van der Waals surface area contributed by atoms with E-state index in [1.165, 1.54) is 4.90 Å². The van der Waals surface area contributed by atoms with Gasteiger partial charge in [0.25, 0.3) is 0 Å². The van der Waals surface area contributed by atoms with Crippen molar-refractivity contribution in [1.82, 2.24) is 9.80 Å². The highest BCUT2D eigenvalue weighted by Gasteiger charge is 2.34. The zero-order valence-electron chi connectivity index (χ0n) is 11.3. The first-order valence-electron chi connectivity index (χ1n) is 6.47. The van der Waals surface area contributed by atoms with Gasteiger partial charge in [-0.15, -0.1) is 0 Å². The van der Waals surface area contributed by atoms with E-state index in [4.69, 9.17) is 5.11 Å². The van der Waals surface area contributed by atoms with Gasteiger partial charge >= 0.3 is 18.2 Å². The summed E-state index contributed by atoms with van der Waals surface area (Å²) in [6.07, 6.45) is -2.45. The standard InChI is InChI=1S/C12H19F3N2O3/c1-16(8-12(13,14)15)11(20)17-6-2-3-9(7-17)4-5-10(18)19/h9H,2-8H2,1H3,(H,18,19). The molecule has 2 amide bonds. The van der Waals surface area contributed by atoms with Crippen molar-refractivity contribution in [2.75, 3.05) is 26.7 Å². The molecule has 0 aromatic heterocycles. The fourth-order valence-electron chi connectivity index (χ4n) is 2.38. The number of likely N-dealkylation sites (tertiary alicyclic amines) is 1. The minimum Gasteiger partial charge on any atom is -0.481 e. The van der Waals surface area contributed by atoms with E-state index < -0.39 is 24.7 Å². The van der Waals surface area contributed by atoms with Gasteiger partial charge in [0, 0.05) is 26.6 Å². The first-order chi connectivity index (χ1) is 9.19. The van der Waals surface area contributed by atoms with Crippen LogP contribution in [0.25, 0.3) is 0 Å². The molecular formula is C12H19F3N2O3. The number of hydrogen-bond acceptors (Lipinski definition) is 2. The Bertz CT molecular complexity index is 360. The molecular weight excluding hydrogens is 277 g/mol. The highest BCUT2D eigenvalue weighted by Crippen LogP contribution is 2.23. The normalized spacial score (nSPS) is 19.8. The van der Waals surface area contributed by atoms with Gasteiger partial charge in [-0.3, -0.25) is 4.79 Å². The first kappa shape index (κ1) is 16.6. The number of carbonyl (C=O) groups is 2. The molecule has 0 saturated carbocycles. The van der Waals surface area contributed by atoms with Gasteiger partial charge in [-0.1, -0.05) is 0 Å². The molecule has 8 heteroatoms. The Morgan fingerprint density at radius 2 is 2.05 bits per heavy atom. The highest BCUT2D eigenvalue weighted by molar-refractivity contribution is 5.74. The monoisotopic (exact) mass is 296 g/mol. The Morgan fingerprint density at radius 3 is 2.60 bits per heavy atom. The minimum atomic E-state index is -4.41. The molecule has 0 aromatic rings. The molecule has 1 rings (SSSR count). The predicted octanol–water partition coefficient (Wildman–Crippen LogP) is 2.18. The fraction of sp³-hybridized carbons (Fsp3) is 0.833. The van der Waals surface area contributed by atoms with Gasteiger partial charge in [-0.2, -0.15) is 13.2 Å². The van der Waals surface area contributed by atoms with E-state index in [2.05, 4.69) is 0 Å². The maximum atomic E-state index is 12.2. The number of carboxylic acid groups (broad SMARTS) is 1. The molecule has 5 nitrogen and oxygen atoms in total. The molecule has 116 valence electrons.